The lowest BCUT2D eigenvalue weighted by atomic mass is 10.4. The second-order valence-electron chi connectivity index (χ2n) is 1.63. The fourth-order valence-corrected chi connectivity index (χ4v) is 0.282. The molecule has 0 rings (SSSR count). The molecule has 3 nitrogen and oxygen atoms in total. The van der Waals surface area contributed by atoms with Crippen LogP contribution in [0.4, 0.5) is 0 Å². The van der Waals surface area contributed by atoms with Crippen LogP contribution in [0.15, 0.2) is 0 Å². The number of hydroxylamine groups is 1. The van der Waals surface area contributed by atoms with Crippen LogP contribution in [0, 0.1) is 0 Å². The van der Waals surface area contributed by atoms with Crippen LogP contribution in [0.1, 0.15) is 13.8 Å². The van der Waals surface area contributed by atoms with Gasteiger partial charge in [-0.1, -0.05) is 0 Å². The van der Waals surface area contributed by atoms with Gasteiger partial charge in [0, 0.05) is 6.54 Å². The number of hydrogen-bond acceptors (Lipinski definition) is 3. The van der Waals surface area contributed by atoms with Crippen molar-refractivity contribution in [3.63, 3.8) is 0 Å². The van der Waals surface area contributed by atoms with E-state index in [0.29, 0.717) is 13.2 Å². The molecule has 0 spiro atoms. The van der Waals surface area contributed by atoms with Gasteiger partial charge in [-0.2, -0.15) is 5.48 Å². The van der Waals surface area contributed by atoms with Crippen LogP contribution in [0.3, 0.4) is 0 Å². The van der Waals surface area contributed by atoms with E-state index in [1.54, 1.807) is 6.92 Å². The van der Waals surface area contributed by atoms with Crippen molar-refractivity contribution in [2.45, 2.75) is 20.0 Å². The van der Waals surface area contributed by atoms with Crippen LogP contribution < -0.4 is 5.48 Å². The number of aliphatic hydroxyl groups excluding tert-OH is 1. The molecule has 1 atom stereocenters. The fraction of sp³-hybridized carbons (Fsp3) is 1.00. The van der Waals surface area contributed by atoms with Gasteiger partial charge >= 0.3 is 0 Å². The summed E-state index contributed by atoms with van der Waals surface area (Å²) in [6.45, 7) is 4.71. The van der Waals surface area contributed by atoms with Crippen molar-refractivity contribution in [3.8, 4) is 0 Å². The van der Waals surface area contributed by atoms with E-state index in [9.17, 15) is 0 Å². The number of aliphatic hydroxyl groups is 1. The molecule has 3 heteroatoms. The minimum atomic E-state index is -0.332. The topological polar surface area (TPSA) is 41.5 Å². The van der Waals surface area contributed by atoms with Gasteiger partial charge < -0.3 is 9.94 Å². The van der Waals surface area contributed by atoms with Gasteiger partial charge in [0.05, 0.1) is 12.7 Å². The minimum Gasteiger partial charge on any atom is -0.392 e. The summed E-state index contributed by atoms with van der Waals surface area (Å²) in [6.07, 6.45) is -0.332. The lowest BCUT2D eigenvalue weighted by Gasteiger charge is -2.03. The molecule has 0 aliphatic carbocycles. The Hall–Kier alpha value is -0.120. The molecule has 0 heterocycles. The summed E-state index contributed by atoms with van der Waals surface area (Å²) in [7, 11) is 0. The first-order valence-electron chi connectivity index (χ1n) is 2.80. The van der Waals surface area contributed by atoms with Gasteiger partial charge in [0.25, 0.3) is 0 Å². The smallest absolute Gasteiger partial charge is 0.0659 e. The van der Waals surface area contributed by atoms with Gasteiger partial charge in [0.1, 0.15) is 0 Å². The van der Waals surface area contributed by atoms with E-state index in [1.165, 1.54) is 0 Å². The Bertz CT molecular complexity index is 47.7. The molecule has 0 unspecified atom stereocenters. The number of rotatable bonds is 4. The van der Waals surface area contributed by atoms with E-state index >= 15 is 0 Å². The minimum absolute atomic E-state index is 0.332. The maximum absolute atomic E-state index is 8.64. The fourth-order valence-electron chi connectivity index (χ4n) is 0.282. The van der Waals surface area contributed by atoms with Gasteiger partial charge in [-0.15, -0.1) is 0 Å². The van der Waals surface area contributed by atoms with Crippen molar-refractivity contribution >= 4 is 0 Å². The predicted molar refractivity (Wildman–Crippen MR) is 31.3 cm³/mol. The van der Waals surface area contributed by atoms with Gasteiger partial charge in [-0.3, -0.25) is 0 Å². The molecule has 0 amide bonds. The molecule has 0 saturated heterocycles. The first kappa shape index (κ1) is 7.88. The Kier molecular flexibility index (Phi) is 4.95. The third kappa shape index (κ3) is 5.88. The lowest BCUT2D eigenvalue weighted by Crippen LogP contribution is -2.24. The summed E-state index contributed by atoms with van der Waals surface area (Å²) in [6, 6.07) is 0. The second kappa shape index (κ2) is 5.03. The molecule has 0 bridgehead atoms. The molecular formula is C5H13NO2. The Morgan fingerprint density at radius 2 is 2.38 bits per heavy atom. The first-order valence-corrected chi connectivity index (χ1v) is 2.80. The third-order valence-corrected chi connectivity index (χ3v) is 0.625. The standard InChI is InChI=1S/C5H13NO2/c1-3-8-6-4-5(2)7/h5-7H,3-4H2,1-2H3/t5-/m1/s1. The molecular weight excluding hydrogens is 106 g/mol. The Morgan fingerprint density at radius 1 is 1.75 bits per heavy atom. The van der Waals surface area contributed by atoms with E-state index in [-0.39, 0.29) is 6.10 Å². The van der Waals surface area contributed by atoms with E-state index in [0.717, 1.165) is 0 Å². The second-order valence-corrected chi connectivity index (χ2v) is 1.63. The highest BCUT2D eigenvalue weighted by molar-refractivity contribution is 4.42. The zero-order valence-electron chi connectivity index (χ0n) is 5.35. The maximum Gasteiger partial charge on any atom is 0.0659 e. The lowest BCUT2D eigenvalue weighted by molar-refractivity contribution is 0.0253. The number of hydrogen-bond donors (Lipinski definition) is 2. The molecule has 0 radical (unpaired) electrons. The van der Waals surface area contributed by atoms with Gasteiger partial charge in [0.2, 0.25) is 0 Å². The zero-order valence-corrected chi connectivity index (χ0v) is 5.35. The summed E-state index contributed by atoms with van der Waals surface area (Å²) in [5.74, 6) is 0. The van der Waals surface area contributed by atoms with Crippen molar-refractivity contribution < 1.29 is 9.94 Å². The molecule has 2 N–H and O–H groups in total. The normalized spacial score (nSPS) is 13.9. The van der Waals surface area contributed by atoms with E-state index < -0.39 is 0 Å². The van der Waals surface area contributed by atoms with Crippen LogP contribution in [-0.4, -0.2) is 24.4 Å². The summed E-state index contributed by atoms with van der Waals surface area (Å²) < 4.78 is 0. The maximum atomic E-state index is 8.64. The largest absolute Gasteiger partial charge is 0.392 e. The summed E-state index contributed by atoms with van der Waals surface area (Å²) in [5, 5.41) is 8.64. The molecule has 0 aliphatic rings. The van der Waals surface area contributed by atoms with Crippen LogP contribution in [0.25, 0.3) is 0 Å². The average molecular weight is 119 g/mol. The van der Waals surface area contributed by atoms with E-state index in [4.69, 9.17) is 9.94 Å². The Morgan fingerprint density at radius 3 is 2.75 bits per heavy atom. The highest BCUT2D eigenvalue weighted by Crippen LogP contribution is 1.73. The zero-order chi connectivity index (χ0) is 6.41. The molecule has 0 aromatic rings. The van der Waals surface area contributed by atoms with Gasteiger partial charge in [-0.25, -0.2) is 0 Å². The quantitative estimate of drug-likeness (QED) is 0.401. The van der Waals surface area contributed by atoms with Crippen molar-refractivity contribution in [1.82, 2.24) is 5.48 Å². The Labute approximate surface area is 49.6 Å². The van der Waals surface area contributed by atoms with Crippen molar-refractivity contribution in [3.05, 3.63) is 0 Å². The highest BCUT2D eigenvalue weighted by Gasteiger charge is 1.90. The third-order valence-electron chi connectivity index (χ3n) is 0.625. The average Bonchev–Trinajstić information content (AvgIpc) is 1.66. The molecule has 50 valence electrons. The van der Waals surface area contributed by atoms with Crippen LogP contribution in [0.2, 0.25) is 0 Å². The van der Waals surface area contributed by atoms with Gasteiger partial charge in [0.15, 0.2) is 0 Å². The van der Waals surface area contributed by atoms with Crippen molar-refractivity contribution in [2.75, 3.05) is 13.2 Å². The highest BCUT2D eigenvalue weighted by atomic mass is 16.6. The first-order chi connectivity index (χ1) is 3.77. The van der Waals surface area contributed by atoms with E-state index in [1.807, 2.05) is 6.92 Å². The van der Waals surface area contributed by atoms with Gasteiger partial charge in [-0.05, 0) is 13.8 Å². The predicted octanol–water partition coefficient (Wildman–Crippen LogP) is -0.0917. The molecule has 0 fully saturated rings. The summed E-state index contributed by atoms with van der Waals surface area (Å²) in [4.78, 5) is 4.73. The summed E-state index contributed by atoms with van der Waals surface area (Å²) in [5.41, 5.74) is 2.58. The molecule has 0 aromatic carbocycles. The van der Waals surface area contributed by atoms with Crippen LogP contribution in [0.5, 0.6) is 0 Å². The van der Waals surface area contributed by atoms with Crippen LogP contribution in [-0.2, 0) is 4.84 Å². The number of nitrogens with one attached hydrogen (secondary N) is 1. The van der Waals surface area contributed by atoms with Crippen molar-refractivity contribution in [2.24, 2.45) is 0 Å². The molecule has 0 aromatic heterocycles. The molecule has 0 aliphatic heterocycles. The molecule has 8 heavy (non-hydrogen) atoms. The van der Waals surface area contributed by atoms with E-state index in [2.05, 4.69) is 5.48 Å². The van der Waals surface area contributed by atoms with Crippen LogP contribution >= 0.6 is 0 Å². The molecule has 0 saturated carbocycles. The summed E-state index contributed by atoms with van der Waals surface area (Å²) >= 11 is 0. The monoisotopic (exact) mass is 119 g/mol. The van der Waals surface area contributed by atoms with Crippen molar-refractivity contribution in [1.29, 1.82) is 0 Å². The Balaban J connectivity index is 2.72. The SMILES string of the molecule is CCONC[C@@H](C)O.